The largest absolute Gasteiger partial charge is 0.497 e. The summed E-state index contributed by atoms with van der Waals surface area (Å²) in [6.45, 7) is 2.87. The number of ether oxygens (including phenoxy) is 3. The Morgan fingerprint density at radius 1 is 0.893 bits per heavy atom. The average Bonchev–Trinajstić information content (AvgIpc) is 3.20. The summed E-state index contributed by atoms with van der Waals surface area (Å²) in [4.78, 5) is 12.2. The molecule has 0 aliphatic rings. The molecule has 0 amide bonds. The van der Waals surface area contributed by atoms with Crippen LogP contribution in [-0.4, -0.2) is 19.5 Å². The van der Waals surface area contributed by atoms with E-state index in [4.69, 9.17) is 18.6 Å². The number of hydrogen-bond donors (Lipinski definition) is 0. The van der Waals surface area contributed by atoms with Gasteiger partial charge in [0.25, 0.3) is 0 Å². The number of benzene rings is 2. The van der Waals surface area contributed by atoms with E-state index in [1.54, 1.807) is 43.5 Å². The monoisotopic (exact) mass is 378 g/mol. The highest BCUT2D eigenvalue weighted by Gasteiger charge is 2.05. The Kier molecular flexibility index (Phi) is 6.52. The van der Waals surface area contributed by atoms with Gasteiger partial charge in [-0.2, -0.15) is 0 Å². The van der Waals surface area contributed by atoms with Gasteiger partial charge in [0.2, 0.25) is 0 Å². The third-order valence-corrected chi connectivity index (χ3v) is 3.97. The first-order valence-electron chi connectivity index (χ1n) is 8.99. The SMILES string of the molecule is CCOc1ccc(OCc2ccc(/C=C/C(=O)c3ccc(OC)cc3)o2)cc1. The van der Waals surface area contributed by atoms with Gasteiger partial charge in [0, 0.05) is 5.56 Å². The van der Waals surface area contributed by atoms with Gasteiger partial charge in [-0.05, 0) is 79.7 Å². The van der Waals surface area contributed by atoms with Gasteiger partial charge >= 0.3 is 0 Å². The Balaban J connectivity index is 1.54. The number of rotatable bonds is 9. The predicted octanol–water partition coefficient (Wildman–Crippen LogP) is 5.16. The summed E-state index contributed by atoms with van der Waals surface area (Å²) < 4.78 is 21.9. The maximum atomic E-state index is 12.2. The zero-order valence-corrected chi connectivity index (χ0v) is 15.9. The van der Waals surface area contributed by atoms with E-state index in [0.717, 1.165) is 11.5 Å². The minimum Gasteiger partial charge on any atom is -0.497 e. The van der Waals surface area contributed by atoms with Crippen molar-refractivity contribution in [3.63, 3.8) is 0 Å². The molecule has 0 aliphatic carbocycles. The molecule has 0 atom stereocenters. The number of carbonyl (C=O) groups is 1. The molecule has 0 bridgehead atoms. The maximum absolute atomic E-state index is 12.2. The molecular formula is C23H22O5. The van der Waals surface area contributed by atoms with Crippen molar-refractivity contribution in [3.05, 3.63) is 83.8 Å². The predicted molar refractivity (Wildman–Crippen MR) is 107 cm³/mol. The molecule has 3 aromatic rings. The van der Waals surface area contributed by atoms with Crippen molar-refractivity contribution < 1.29 is 23.4 Å². The molecular weight excluding hydrogens is 356 g/mol. The van der Waals surface area contributed by atoms with Gasteiger partial charge in [-0.3, -0.25) is 4.79 Å². The minimum atomic E-state index is -0.105. The second-order valence-corrected chi connectivity index (χ2v) is 5.92. The zero-order chi connectivity index (χ0) is 19.8. The molecule has 1 aromatic heterocycles. The molecule has 2 aromatic carbocycles. The number of allylic oxidation sites excluding steroid dienone is 1. The molecule has 0 saturated carbocycles. The first-order chi connectivity index (χ1) is 13.7. The topological polar surface area (TPSA) is 57.9 Å². The van der Waals surface area contributed by atoms with E-state index in [1.807, 2.05) is 37.3 Å². The van der Waals surface area contributed by atoms with Crippen LogP contribution < -0.4 is 14.2 Å². The number of ketones is 1. The number of hydrogen-bond acceptors (Lipinski definition) is 5. The molecule has 0 N–H and O–H groups in total. The van der Waals surface area contributed by atoms with E-state index in [1.165, 1.54) is 6.08 Å². The number of furan rings is 1. The summed E-state index contributed by atoms with van der Waals surface area (Å²) in [5.74, 6) is 3.40. The van der Waals surface area contributed by atoms with Gasteiger partial charge in [-0.25, -0.2) is 0 Å². The van der Waals surface area contributed by atoms with E-state index >= 15 is 0 Å². The average molecular weight is 378 g/mol. The first kappa shape index (κ1) is 19.3. The molecule has 0 saturated heterocycles. The minimum absolute atomic E-state index is 0.105. The quantitative estimate of drug-likeness (QED) is 0.380. The van der Waals surface area contributed by atoms with Crippen molar-refractivity contribution in [1.29, 1.82) is 0 Å². The van der Waals surface area contributed by atoms with Crippen LogP contribution >= 0.6 is 0 Å². The lowest BCUT2D eigenvalue weighted by molar-refractivity contribution is 0.104. The fraction of sp³-hybridized carbons (Fsp3) is 0.174. The lowest BCUT2D eigenvalue weighted by Gasteiger charge is -2.06. The van der Waals surface area contributed by atoms with E-state index in [9.17, 15) is 4.79 Å². The van der Waals surface area contributed by atoms with Crippen molar-refractivity contribution in [2.75, 3.05) is 13.7 Å². The fourth-order valence-corrected chi connectivity index (χ4v) is 2.52. The van der Waals surface area contributed by atoms with Crippen molar-refractivity contribution >= 4 is 11.9 Å². The van der Waals surface area contributed by atoms with Gasteiger partial charge in [0.05, 0.1) is 13.7 Å². The van der Waals surface area contributed by atoms with Crippen molar-refractivity contribution in [2.24, 2.45) is 0 Å². The van der Waals surface area contributed by atoms with Crippen LogP contribution in [-0.2, 0) is 6.61 Å². The van der Waals surface area contributed by atoms with Gasteiger partial charge < -0.3 is 18.6 Å². The standard InChI is InChI=1S/C23H22O5/c1-3-26-19-8-10-20(11-9-19)27-16-22-13-12-21(28-22)14-15-23(24)17-4-6-18(25-2)7-5-17/h4-15H,3,16H2,1-2H3/b15-14+. The van der Waals surface area contributed by atoms with E-state index < -0.39 is 0 Å². The lowest BCUT2D eigenvalue weighted by atomic mass is 10.1. The molecule has 5 heteroatoms. The molecule has 1 heterocycles. The van der Waals surface area contributed by atoms with Crippen LogP contribution in [0.5, 0.6) is 17.2 Å². The third kappa shape index (κ3) is 5.27. The van der Waals surface area contributed by atoms with Crippen molar-refractivity contribution in [1.82, 2.24) is 0 Å². The van der Waals surface area contributed by atoms with Gasteiger partial charge in [0.1, 0.15) is 35.4 Å². The second-order valence-electron chi connectivity index (χ2n) is 5.92. The summed E-state index contributed by atoms with van der Waals surface area (Å²) in [6.07, 6.45) is 3.13. The van der Waals surface area contributed by atoms with Crippen molar-refractivity contribution in [2.45, 2.75) is 13.5 Å². The Hall–Kier alpha value is -3.47. The van der Waals surface area contributed by atoms with E-state index in [0.29, 0.717) is 36.0 Å². The Labute approximate surface area is 164 Å². The summed E-state index contributed by atoms with van der Waals surface area (Å²) in [5.41, 5.74) is 0.586. The Morgan fingerprint density at radius 3 is 2.18 bits per heavy atom. The second kappa shape index (κ2) is 9.46. The summed E-state index contributed by atoms with van der Waals surface area (Å²) in [7, 11) is 1.59. The molecule has 0 spiro atoms. The molecule has 144 valence electrons. The molecule has 28 heavy (non-hydrogen) atoms. The van der Waals surface area contributed by atoms with Crippen LogP contribution in [0.25, 0.3) is 6.08 Å². The highest BCUT2D eigenvalue weighted by molar-refractivity contribution is 6.06. The fourth-order valence-electron chi connectivity index (χ4n) is 2.52. The van der Waals surface area contributed by atoms with Crippen molar-refractivity contribution in [3.8, 4) is 17.2 Å². The number of carbonyl (C=O) groups excluding carboxylic acids is 1. The summed E-state index contributed by atoms with van der Waals surface area (Å²) >= 11 is 0. The van der Waals surface area contributed by atoms with Crippen LogP contribution in [0.1, 0.15) is 28.8 Å². The summed E-state index contributed by atoms with van der Waals surface area (Å²) in [6, 6.07) is 18.0. The van der Waals surface area contributed by atoms with Crippen LogP contribution in [0.15, 0.2) is 71.2 Å². The van der Waals surface area contributed by atoms with Gasteiger partial charge in [-0.1, -0.05) is 0 Å². The van der Waals surface area contributed by atoms with Crippen LogP contribution in [0.2, 0.25) is 0 Å². The highest BCUT2D eigenvalue weighted by Crippen LogP contribution is 2.20. The Morgan fingerprint density at radius 2 is 1.54 bits per heavy atom. The zero-order valence-electron chi connectivity index (χ0n) is 15.9. The van der Waals surface area contributed by atoms with Gasteiger partial charge in [0.15, 0.2) is 5.78 Å². The third-order valence-electron chi connectivity index (χ3n) is 3.97. The maximum Gasteiger partial charge on any atom is 0.185 e. The van der Waals surface area contributed by atoms with E-state index in [2.05, 4.69) is 0 Å². The lowest BCUT2D eigenvalue weighted by Crippen LogP contribution is -1.95. The first-order valence-corrected chi connectivity index (χ1v) is 8.99. The van der Waals surface area contributed by atoms with Crippen LogP contribution in [0.3, 0.4) is 0 Å². The van der Waals surface area contributed by atoms with E-state index in [-0.39, 0.29) is 5.78 Å². The summed E-state index contributed by atoms with van der Waals surface area (Å²) in [5, 5.41) is 0. The molecule has 0 fully saturated rings. The highest BCUT2D eigenvalue weighted by atomic mass is 16.5. The smallest absolute Gasteiger partial charge is 0.185 e. The molecule has 0 radical (unpaired) electrons. The molecule has 0 aliphatic heterocycles. The van der Waals surface area contributed by atoms with Gasteiger partial charge in [-0.15, -0.1) is 0 Å². The normalized spacial score (nSPS) is 10.8. The molecule has 5 nitrogen and oxygen atoms in total. The molecule has 3 rings (SSSR count). The van der Waals surface area contributed by atoms with Crippen LogP contribution in [0.4, 0.5) is 0 Å². The molecule has 0 unspecified atom stereocenters. The number of methoxy groups -OCH3 is 1. The van der Waals surface area contributed by atoms with Crippen LogP contribution in [0, 0.1) is 0 Å². The Bertz CT molecular complexity index is 920.